The number of nitrogens with one attached hydrogen (secondary N) is 2. The Kier molecular flexibility index (Phi) is 4.97. The van der Waals surface area contributed by atoms with Crippen molar-refractivity contribution in [2.24, 2.45) is 0 Å². The Labute approximate surface area is 109 Å². The lowest BCUT2D eigenvalue weighted by molar-refractivity contribution is -0.123. The van der Waals surface area contributed by atoms with Gasteiger partial charge in [0.25, 0.3) is 0 Å². The highest BCUT2D eigenvalue weighted by molar-refractivity contribution is 5.78. The third-order valence-electron chi connectivity index (χ3n) is 3.94. The lowest BCUT2D eigenvalue weighted by Gasteiger charge is -2.38. The molecule has 2 fully saturated rings. The molecule has 0 radical (unpaired) electrons. The van der Waals surface area contributed by atoms with Gasteiger partial charge in [-0.25, -0.2) is 0 Å². The topological polar surface area (TPSA) is 68.2 Å². The molecule has 2 atom stereocenters. The second kappa shape index (κ2) is 6.72. The van der Waals surface area contributed by atoms with Crippen LogP contribution in [0.25, 0.3) is 0 Å². The predicted molar refractivity (Wildman–Crippen MR) is 68.9 cm³/mol. The summed E-state index contributed by atoms with van der Waals surface area (Å²) in [6.07, 6.45) is 6.09. The summed E-state index contributed by atoms with van der Waals surface area (Å²) < 4.78 is 0. The van der Waals surface area contributed by atoms with Gasteiger partial charge in [-0.15, -0.1) is 0 Å². The normalized spacial score (nSPS) is 28.8. The minimum Gasteiger partial charge on any atom is -0.342 e. The van der Waals surface area contributed by atoms with E-state index in [9.17, 15) is 4.79 Å². The maximum absolute atomic E-state index is 11.7. The van der Waals surface area contributed by atoms with E-state index >= 15 is 0 Å². The van der Waals surface area contributed by atoms with Crippen LogP contribution >= 0.6 is 0 Å². The van der Waals surface area contributed by atoms with E-state index in [-0.39, 0.29) is 12.5 Å². The van der Waals surface area contributed by atoms with E-state index in [0.29, 0.717) is 18.6 Å². The third kappa shape index (κ3) is 3.44. The van der Waals surface area contributed by atoms with E-state index in [1.807, 2.05) is 6.07 Å². The lowest BCUT2D eigenvalue weighted by Crippen LogP contribution is -2.53. The first kappa shape index (κ1) is 13.3. The van der Waals surface area contributed by atoms with Crippen LogP contribution in [0, 0.1) is 11.3 Å². The molecule has 0 aromatic carbocycles. The molecule has 1 amide bonds. The quantitative estimate of drug-likeness (QED) is 0.701. The van der Waals surface area contributed by atoms with Crippen LogP contribution in [0.4, 0.5) is 0 Å². The maximum Gasteiger partial charge on any atom is 0.235 e. The van der Waals surface area contributed by atoms with Crippen molar-refractivity contribution in [3.05, 3.63) is 0 Å². The molecule has 2 N–H and O–H groups in total. The number of hydrogen-bond acceptors (Lipinski definition) is 4. The van der Waals surface area contributed by atoms with Crippen molar-refractivity contribution in [2.45, 2.75) is 44.2 Å². The van der Waals surface area contributed by atoms with Gasteiger partial charge in [0.2, 0.25) is 5.91 Å². The molecule has 2 rings (SSSR count). The van der Waals surface area contributed by atoms with Crippen LogP contribution < -0.4 is 10.6 Å². The van der Waals surface area contributed by atoms with Gasteiger partial charge in [0, 0.05) is 12.1 Å². The van der Waals surface area contributed by atoms with Crippen LogP contribution in [0.1, 0.15) is 32.1 Å². The van der Waals surface area contributed by atoms with Crippen molar-refractivity contribution in [2.75, 3.05) is 26.2 Å². The molecular weight excluding hydrogens is 228 g/mol. The number of hydrogen-bond donors (Lipinski definition) is 2. The van der Waals surface area contributed by atoms with Crippen LogP contribution in [-0.2, 0) is 4.79 Å². The van der Waals surface area contributed by atoms with Crippen LogP contribution in [0.2, 0.25) is 0 Å². The number of amides is 1. The van der Waals surface area contributed by atoms with Crippen molar-refractivity contribution in [3.8, 4) is 6.07 Å². The third-order valence-corrected chi connectivity index (χ3v) is 3.94. The minimum absolute atomic E-state index is 0.0264. The molecule has 2 saturated heterocycles. The van der Waals surface area contributed by atoms with Crippen molar-refractivity contribution < 1.29 is 4.79 Å². The smallest absolute Gasteiger partial charge is 0.235 e. The van der Waals surface area contributed by atoms with Gasteiger partial charge in [-0.3, -0.25) is 9.69 Å². The Bertz CT molecular complexity index is 319. The van der Waals surface area contributed by atoms with E-state index in [4.69, 9.17) is 5.26 Å². The van der Waals surface area contributed by atoms with Crippen molar-refractivity contribution in [1.82, 2.24) is 15.5 Å². The van der Waals surface area contributed by atoms with Crippen LogP contribution in [-0.4, -0.2) is 49.1 Å². The summed E-state index contributed by atoms with van der Waals surface area (Å²) >= 11 is 0. The molecule has 5 heteroatoms. The first-order valence-electron chi connectivity index (χ1n) is 6.92. The number of likely N-dealkylation sites (tertiary alicyclic amines) is 1. The summed E-state index contributed by atoms with van der Waals surface area (Å²) in [6, 6.07) is 2.98. The summed E-state index contributed by atoms with van der Waals surface area (Å²) in [4.78, 5) is 14.0. The molecule has 5 nitrogen and oxygen atoms in total. The number of carbonyl (C=O) groups is 1. The maximum atomic E-state index is 11.7. The highest BCUT2D eigenvalue weighted by Gasteiger charge is 2.32. The Morgan fingerprint density at radius 1 is 1.39 bits per heavy atom. The molecule has 18 heavy (non-hydrogen) atoms. The fraction of sp³-hybridized carbons (Fsp3) is 0.846. The average Bonchev–Trinajstić information content (AvgIpc) is 2.91. The zero-order chi connectivity index (χ0) is 12.8. The van der Waals surface area contributed by atoms with E-state index < -0.39 is 0 Å². The van der Waals surface area contributed by atoms with Crippen LogP contribution in [0.5, 0.6) is 0 Å². The summed E-state index contributed by atoms with van der Waals surface area (Å²) in [5.74, 6) is -0.0264. The largest absolute Gasteiger partial charge is 0.342 e. The molecule has 0 aromatic heterocycles. The molecule has 0 aliphatic carbocycles. The van der Waals surface area contributed by atoms with E-state index in [0.717, 1.165) is 13.1 Å². The van der Waals surface area contributed by atoms with Crippen LogP contribution in [0.3, 0.4) is 0 Å². The van der Waals surface area contributed by atoms with Gasteiger partial charge in [0.1, 0.15) is 6.54 Å². The van der Waals surface area contributed by atoms with E-state index in [1.54, 1.807) is 0 Å². The Hall–Kier alpha value is -1.12. The van der Waals surface area contributed by atoms with Gasteiger partial charge in [0.15, 0.2) is 0 Å². The molecule has 2 aliphatic rings. The van der Waals surface area contributed by atoms with Gasteiger partial charge in [-0.2, -0.15) is 5.26 Å². The van der Waals surface area contributed by atoms with E-state index in [2.05, 4.69) is 15.5 Å². The lowest BCUT2D eigenvalue weighted by atomic mass is 9.94. The first-order valence-corrected chi connectivity index (χ1v) is 6.92. The van der Waals surface area contributed by atoms with Crippen LogP contribution in [0.15, 0.2) is 0 Å². The monoisotopic (exact) mass is 250 g/mol. The van der Waals surface area contributed by atoms with Gasteiger partial charge in [-0.05, 0) is 38.8 Å². The zero-order valence-corrected chi connectivity index (χ0v) is 10.8. The molecule has 0 aromatic rings. The molecular formula is C13H22N4O. The summed E-state index contributed by atoms with van der Waals surface area (Å²) in [5.41, 5.74) is 0. The van der Waals surface area contributed by atoms with E-state index in [1.165, 1.54) is 32.1 Å². The molecule has 2 aliphatic heterocycles. The van der Waals surface area contributed by atoms with Crippen molar-refractivity contribution in [3.63, 3.8) is 0 Å². The van der Waals surface area contributed by atoms with Crippen molar-refractivity contribution in [1.29, 1.82) is 5.26 Å². The zero-order valence-electron chi connectivity index (χ0n) is 10.8. The molecule has 0 saturated carbocycles. The molecule has 2 unspecified atom stereocenters. The number of rotatable bonds is 4. The van der Waals surface area contributed by atoms with Gasteiger partial charge < -0.3 is 10.6 Å². The highest BCUT2D eigenvalue weighted by atomic mass is 16.2. The fourth-order valence-corrected chi connectivity index (χ4v) is 3.09. The second-order valence-electron chi connectivity index (χ2n) is 5.17. The molecule has 100 valence electrons. The minimum atomic E-state index is -0.0264. The number of nitrogens with zero attached hydrogens (tertiary/aromatic N) is 2. The molecule has 0 bridgehead atoms. The Morgan fingerprint density at radius 3 is 3.00 bits per heavy atom. The molecule has 2 heterocycles. The van der Waals surface area contributed by atoms with Gasteiger partial charge in [0.05, 0.1) is 12.6 Å². The highest BCUT2D eigenvalue weighted by Crippen LogP contribution is 2.23. The number of carbonyl (C=O) groups excluding carboxylic acids is 1. The van der Waals surface area contributed by atoms with Gasteiger partial charge in [-0.1, -0.05) is 6.42 Å². The Morgan fingerprint density at radius 2 is 2.28 bits per heavy atom. The second-order valence-corrected chi connectivity index (χ2v) is 5.17. The van der Waals surface area contributed by atoms with Gasteiger partial charge >= 0.3 is 0 Å². The fourth-order valence-electron chi connectivity index (χ4n) is 3.09. The molecule has 0 spiro atoms. The number of nitriles is 1. The SMILES string of the molecule is N#CCNC(=O)CN1CCCCC1C1CCCN1. The van der Waals surface area contributed by atoms with Crippen molar-refractivity contribution >= 4 is 5.91 Å². The standard InChI is InChI=1S/C13H22N4O/c14-6-8-16-13(18)10-17-9-2-1-5-12(17)11-4-3-7-15-11/h11-12,15H,1-5,7-10H2,(H,16,18). The number of piperidine rings is 1. The average molecular weight is 250 g/mol. The predicted octanol–water partition coefficient (Wildman–Crippen LogP) is 0.233. The summed E-state index contributed by atoms with van der Waals surface area (Å²) in [5, 5.41) is 14.6. The summed E-state index contributed by atoms with van der Waals surface area (Å²) in [6.45, 7) is 2.65. The Balaban J connectivity index is 1.87. The summed E-state index contributed by atoms with van der Waals surface area (Å²) in [7, 11) is 0. The first-order chi connectivity index (χ1) is 8.81.